The molecular formula is C28H44O9. The number of methoxy groups -OCH3 is 2. The normalized spacial score (nSPS) is 45.8. The summed E-state index contributed by atoms with van der Waals surface area (Å²) in [5, 5.41) is 36.2. The SMILES string of the molecule is COC(C(=O)OC1CC2(O)C(C)C3C4(O)COC4CC(OC)C3(C)C(=O)C(O)C(=C1C)C2(C)C)C(C)C. The highest BCUT2D eigenvalue weighted by atomic mass is 16.6. The molecule has 210 valence electrons. The van der Waals surface area contributed by atoms with Crippen LogP contribution in [-0.4, -0.2) is 89.6 Å². The van der Waals surface area contributed by atoms with E-state index in [1.165, 1.54) is 14.2 Å². The molecule has 0 aromatic rings. The number of ketones is 1. The fourth-order valence-electron chi connectivity index (χ4n) is 8.28. The molecule has 0 radical (unpaired) electrons. The van der Waals surface area contributed by atoms with Gasteiger partial charge in [-0.25, -0.2) is 4.79 Å². The van der Waals surface area contributed by atoms with Crippen molar-refractivity contribution in [3.8, 4) is 0 Å². The molecule has 0 spiro atoms. The number of fused-ring (bicyclic) bond motifs is 5. The summed E-state index contributed by atoms with van der Waals surface area (Å²) in [4.78, 5) is 27.3. The minimum absolute atomic E-state index is 0.0304. The standard InChI is InChI=1S/C28H44O9/c1-13(2)21(35-9)24(31)37-16-11-28(33)15(4)22-26(7,17(34-8)10-18-27(22,32)12-36-18)23(30)20(29)19(14(16)3)25(28,5)6/h13,15-18,20-22,29,32-33H,10-12H2,1-9H3. The van der Waals surface area contributed by atoms with Crippen LogP contribution >= 0.6 is 0 Å². The number of ether oxygens (including phenoxy) is 4. The summed E-state index contributed by atoms with van der Waals surface area (Å²) in [6.45, 7) is 12.7. The van der Waals surface area contributed by atoms with Gasteiger partial charge in [-0.05, 0) is 36.8 Å². The Labute approximate surface area is 219 Å². The van der Waals surface area contributed by atoms with Crippen LogP contribution in [0.25, 0.3) is 0 Å². The van der Waals surface area contributed by atoms with E-state index in [0.717, 1.165) is 0 Å². The fraction of sp³-hybridized carbons (Fsp3) is 0.857. The van der Waals surface area contributed by atoms with Gasteiger partial charge in [0.15, 0.2) is 11.9 Å². The Morgan fingerprint density at radius 3 is 2.27 bits per heavy atom. The Bertz CT molecular complexity index is 988. The van der Waals surface area contributed by atoms with Gasteiger partial charge >= 0.3 is 5.97 Å². The van der Waals surface area contributed by atoms with Crippen LogP contribution in [0.4, 0.5) is 0 Å². The maximum absolute atomic E-state index is 14.3. The molecule has 3 aliphatic carbocycles. The summed E-state index contributed by atoms with van der Waals surface area (Å²) in [5.41, 5.74) is -4.38. The summed E-state index contributed by atoms with van der Waals surface area (Å²) >= 11 is 0. The molecule has 4 aliphatic rings. The largest absolute Gasteiger partial charge is 0.456 e. The van der Waals surface area contributed by atoms with Gasteiger partial charge in [0.2, 0.25) is 0 Å². The van der Waals surface area contributed by atoms with Crippen LogP contribution in [0.1, 0.15) is 61.3 Å². The van der Waals surface area contributed by atoms with Gasteiger partial charge in [0.25, 0.3) is 0 Å². The van der Waals surface area contributed by atoms with Crippen molar-refractivity contribution in [2.75, 3.05) is 20.8 Å². The number of esters is 1. The second-order valence-electron chi connectivity index (χ2n) is 12.7. The molecule has 2 saturated carbocycles. The van der Waals surface area contributed by atoms with Crippen LogP contribution in [0.3, 0.4) is 0 Å². The van der Waals surface area contributed by atoms with E-state index in [9.17, 15) is 24.9 Å². The Hall–Kier alpha value is -1.36. The Balaban J connectivity index is 1.90. The molecule has 37 heavy (non-hydrogen) atoms. The smallest absolute Gasteiger partial charge is 0.336 e. The second-order valence-corrected chi connectivity index (χ2v) is 12.7. The number of rotatable bonds is 5. The summed E-state index contributed by atoms with van der Waals surface area (Å²) in [5.74, 6) is -2.59. The Morgan fingerprint density at radius 1 is 1.16 bits per heavy atom. The van der Waals surface area contributed by atoms with Gasteiger partial charge in [-0.3, -0.25) is 4.79 Å². The number of carbonyl (C=O) groups excluding carboxylic acids is 2. The van der Waals surface area contributed by atoms with Gasteiger partial charge in [-0.15, -0.1) is 0 Å². The van der Waals surface area contributed by atoms with Crippen LogP contribution in [0, 0.1) is 28.6 Å². The highest BCUT2D eigenvalue weighted by Crippen LogP contribution is 2.64. The predicted molar refractivity (Wildman–Crippen MR) is 133 cm³/mol. The number of Topliss-reactive ketones (excluding diaryl/α,β-unsaturated/α-hetero) is 1. The highest BCUT2D eigenvalue weighted by molar-refractivity contribution is 5.93. The minimum atomic E-state index is -1.58. The van der Waals surface area contributed by atoms with Crippen LogP contribution in [0.15, 0.2) is 11.1 Å². The molecule has 10 unspecified atom stereocenters. The van der Waals surface area contributed by atoms with Gasteiger partial charge in [0.05, 0.1) is 29.8 Å². The minimum Gasteiger partial charge on any atom is -0.456 e. The average molecular weight is 525 g/mol. The topological polar surface area (TPSA) is 132 Å². The van der Waals surface area contributed by atoms with Crippen LogP contribution in [0.2, 0.25) is 0 Å². The first-order chi connectivity index (χ1) is 17.0. The van der Waals surface area contributed by atoms with Crippen LogP contribution in [-0.2, 0) is 28.5 Å². The lowest BCUT2D eigenvalue weighted by Crippen LogP contribution is -2.79. The van der Waals surface area contributed by atoms with E-state index in [-0.39, 0.29) is 18.9 Å². The van der Waals surface area contributed by atoms with E-state index in [2.05, 4.69) is 0 Å². The van der Waals surface area contributed by atoms with Crippen molar-refractivity contribution in [3.63, 3.8) is 0 Å². The lowest BCUT2D eigenvalue weighted by Gasteiger charge is -2.67. The predicted octanol–water partition coefficient (Wildman–Crippen LogP) is 1.80. The lowest BCUT2D eigenvalue weighted by molar-refractivity contribution is -0.337. The quantitative estimate of drug-likeness (QED) is 0.364. The molecular weight excluding hydrogens is 480 g/mol. The van der Waals surface area contributed by atoms with E-state index in [1.807, 2.05) is 20.8 Å². The first kappa shape index (κ1) is 28.6. The maximum atomic E-state index is 14.3. The zero-order valence-corrected chi connectivity index (χ0v) is 23.5. The number of hydrogen-bond donors (Lipinski definition) is 3. The highest BCUT2D eigenvalue weighted by Gasteiger charge is 2.74. The summed E-state index contributed by atoms with van der Waals surface area (Å²) in [7, 11) is 2.96. The molecule has 9 heteroatoms. The third kappa shape index (κ3) is 3.64. The van der Waals surface area contributed by atoms with Gasteiger partial charge < -0.3 is 34.3 Å². The average Bonchev–Trinajstić information content (AvgIpc) is 2.80. The molecule has 2 bridgehead atoms. The molecule has 1 aliphatic heterocycles. The Kier molecular flexibility index (Phi) is 7.04. The van der Waals surface area contributed by atoms with E-state index in [4.69, 9.17) is 18.9 Å². The Morgan fingerprint density at radius 2 is 1.78 bits per heavy atom. The molecule has 9 nitrogen and oxygen atoms in total. The number of aliphatic hydroxyl groups excluding tert-OH is 1. The molecule has 3 N–H and O–H groups in total. The van der Waals surface area contributed by atoms with Crippen molar-refractivity contribution in [3.05, 3.63) is 11.1 Å². The van der Waals surface area contributed by atoms with E-state index < -0.39 is 76.1 Å². The zero-order valence-electron chi connectivity index (χ0n) is 23.5. The van der Waals surface area contributed by atoms with Crippen molar-refractivity contribution < 1.29 is 43.9 Å². The summed E-state index contributed by atoms with van der Waals surface area (Å²) in [6.07, 6.45) is -4.07. The van der Waals surface area contributed by atoms with Crippen LogP contribution < -0.4 is 0 Å². The third-order valence-corrected chi connectivity index (χ3v) is 10.5. The molecule has 1 heterocycles. The molecule has 1 saturated heterocycles. The maximum Gasteiger partial charge on any atom is 0.336 e. The summed E-state index contributed by atoms with van der Waals surface area (Å²) in [6, 6.07) is 0. The summed E-state index contributed by atoms with van der Waals surface area (Å²) < 4.78 is 22.8. The van der Waals surface area contributed by atoms with Gasteiger partial charge in [-0.1, -0.05) is 34.6 Å². The number of aliphatic hydroxyl groups is 3. The number of carbonyl (C=O) groups is 2. The van der Waals surface area contributed by atoms with Crippen molar-refractivity contribution in [1.82, 2.24) is 0 Å². The molecule has 4 rings (SSSR count). The second kappa shape index (κ2) is 9.10. The van der Waals surface area contributed by atoms with Crippen molar-refractivity contribution in [2.24, 2.45) is 28.6 Å². The first-order valence-electron chi connectivity index (χ1n) is 13.3. The van der Waals surface area contributed by atoms with Gasteiger partial charge in [0.1, 0.15) is 17.8 Å². The molecule has 0 aromatic heterocycles. The van der Waals surface area contributed by atoms with E-state index in [1.54, 1.807) is 27.7 Å². The van der Waals surface area contributed by atoms with Crippen LogP contribution in [0.5, 0.6) is 0 Å². The first-order valence-corrected chi connectivity index (χ1v) is 13.3. The molecule has 0 amide bonds. The van der Waals surface area contributed by atoms with Crippen molar-refractivity contribution >= 4 is 11.8 Å². The number of hydrogen-bond acceptors (Lipinski definition) is 9. The van der Waals surface area contributed by atoms with E-state index in [0.29, 0.717) is 17.6 Å². The third-order valence-electron chi connectivity index (χ3n) is 10.5. The zero-order chi connectivity index (χ0) is 27.9. The lowest BCUT2D eigenvalue weighted by atomic mass is 9.43. The molecule has 0 aromatic carbocycles. The molecule has 10 atom stereocenters. The van der Waals surface area contributed by atoms with Crippen molar-refractivity contribution in [1.29, 1.82) is 0 Å². The van der Waals surface area contributed by atoms with Gasteiger partial charge in [0, 0.05) is 38.4 Å². The van der Waals surface area contributed by atoms with E-state index >= 15 is 0 Å². The van der Waals surface area contributed by atoms with Crippen molar-refractivity contribution in [2.45, 2.75) is 103 Å². The van der Waals surface area contributed by atoms with Gasteiger partial charge in [-0.2, -0.15) is 0 Å². The monoisotopic (exact) mass is 524 g/mol. The fourth-order valence-corrected chi connectivity index (χ4v) is 8.28. The molecule has 3 fully saturated rings.